The summed E-state index contributed by atoms with van der Waals surface area (Å²) in [6, 6.07) is 0. The summed E-state index contributed by atoms with van der Waals surface area (Å²) in [6.45, 7) is 6.37. The van der Waals surface area contributed by atoms with Crippen molar-refractivity contribution in [2.75, 3.05) is 0 Å². The average molecular weight is 482 g/mol. The predicted molar refractivity (Wildman–Crippen MR) is 114 cm³/mol. The first-order valence-electron chi connectivity index (χ1n) is 9.44. The monoisotopic (exact) mass is 480 g/mol. The molecule has 0 aliphatic heterocycles. The van der Waals surface area contributed by atoms with E-state index in [-0.39, 0.29) is 22.9 Å². The molecule has 2 rings (SSSR count). The van der Waals surface area contributed by atoms with Gasteiger partial charge in [0.05, 0.1) is 8.96 Å². The third-order valence-electron chi connectivity index (χ3n) is 5.11. The maximum atomic E-state index is 12.9. The van der Waals surface area contributed by atoms with Gasteiger partial charge >= 0.3 is 0 Å². The maximum Gasteiger partial charge on any atom is 0.232 e. The first kappa shape index (κ1) is 21.4. The molecule has 1 atom stereocenters. The summed E-state index contributed by atoms with van der Waals surface area (Å²) in [5.74, 6) is 5.96. The topological polar surface area (TPSA) is 34.1 Å². The number of hydrogen-bond acceptors (Lipinski definition) is 2. The van der Waals surface area contributed by atoms with Crippen molar-refractivity contribution in [1.29, 1.82) is 0 Å². The van der Waals surface area contributed by atoms with Crippen LogP contribution in [0.1, 0.15) is 65.7 Å². The highest BCUT2D eigenvalue weighted by atomic mass is 79.9. The van der Waals surface area contributed by atoms with Crippen LogP contribution in [0.5, 0.6) is 0 Å². The van der Waals surface area contributed by atoms with Gasteiger partial charge in [-0.3, -0.25) is 9.59 Å². The third-order valence-corrected chi connectivity index (χ3v) is 6.29. The molecule has 0 N–H and O–H groups in total. The number of Topliss-reactive ketones (excluding diaryl/α,β-unsaturated/α-hetero) is 2. The van der Waals surface area contributed by atoms with Gasteiger partial charge in [0, 0.05) is 17.4 Å². The van der Waals surface area contributed by atoms with Gasteiger partial charge in [-0.25, -0.2) is 0 Å². The smallest absolute Gasteiger partial charge is 0.232 e. The highest BCUT2D eigenvalue weighted by Crippen LogP contribution is 2.54. The lowest BCUT2D eigenvalue weighted by molar-refractivity contribution is -0.111. The molecule has 2 aliphatic rings. The predicted octanol–water partition coefficient (Wildman–Crippen LogP) is 6.40. The third kappa shape index (κ3) is 4.49. The van der Waals surface area contributed by atoms with E-state index in [2.05, 4.69) is 64.5 Å². The fourth-order valence-electron chi connectivity index (χ4n) is 3.87. The van der Waals surface area contributed by atoms with Crippen LogP contribution in [0, 0.1) is 23.2 Å². The second-order valence-corrected chi connectivity index (χ2v) is 8.90. The first-order valence-corrected chi connectivity index (χ1v) is 11.0. The van der Waals surface area contributed by atoms with E-state index in [1.165, 1.54) is 0 Å². The number of carbonyl (C=O) groups excluding carboxylic acids is 2. The Labute approximate surface area is 173 Å². The zero-order valence-electron chi connectivity index (χ0n) is 15.8. The molecule has 0 saturated carbocycles. The van der Waals surface area contributed by atoms with E-state index in [4.69, 9.17) is 0 Å². The van der Waals surface area contributed by atoms with E-state index in [0.717, 1.165) is 56.1 Å². The van der Waals surface area contributed by atoms with Crippen molar-refractivity contribution in [3.05, 3.63) is 32.3 Å². The zero-order chi connectivity index (χ0) is 19.3. The Hall–Kier alpha value is -0.920. The number of hydrogen-bond donors (Lipinski definition) is 0. The second-order valence-electron chi connectivity index (χ2n) is 7.19. The molecule has 0 amide bonds. The molecule has 0 heterocycles. The van der Waals surface area contributed by atoms with Crippen LogP contribution in [-0.4, -0.2) is 11.6 Å². The van der Waals surface area contributed by atoms with Crippen molar-refractivity contribution in [1.82, 2.24) is 0 Å². The number of halogens is 2. The molecule has 1 spiro atoms. The molecule has 140 valence electrons. The molecule has 2 aliphatic carbocycles. The minimum atomic E-state index is -0.365. The highest BCUT2D eigenvalue weighted by molar-refractivity contribution is 9.13. The van der Waals surface area contributed by atoms with Gasteiger partial charge in [-0.1, -0.05) is 51.7 Å². The fraction of sp³-hybridized carbons (Fsp3) is 0.545. The summed E-state index contributed by atoms with van der Waals surface area (Å²) in [5, 5.41) is 0. The highest BCUT2D eigenvalue weighted by Gasteiger charge is 2.45. The molecule has 2 nitrogen and oxygen atoms in total. The van der Waals surface area contributed by atoms with Crippen molar-refractivity contribution in [3.8, 4) is 11.8 Å². The van der Waals surface area contributed by atoms with Gasteiger partial charge in [-0.2, -0.15) is 0 Å². The van der Waals surface area contributed by atoms with Crippen LogP contribution in [0.25, 0.3) is 0 Å². The molecule has 0 saturated heterocycles. The van der Waals surface area contributed by atoms with Crippen LogP contribution >= 0.6 is 31.9 Å². The number of carbonyl (C=O) groups is 2. The van der Waals surface area contributed by atoms with Crippen molar-refractivity contribution in [2.45, 2.75) is 65.7 Å². The molecular weight excluding hydrogens is 456 g/mol. The van der Waals surface area contributed by atoms with Crippen LogP contribution in [0.4, 0.5) is 0 Å². The van der Waals surface area contributed by atoms with Crippen molar-refractivity contribution >= 4 is 43.4 Å². The Balaban J connectivity index is 2.48. The molecule has 0 aromatic carbocycles. The molecule has 0 bridgehead atoms. The Bertz CT molecular complexity index is 722. The summed E-state index contributed by atoms with van der Waals surface area (Å²) < 4.78 is 1.13. The quantitative estimate of drug-likeness (QED) is 0.250. The molecule has 26 heavy (non-hydrogen) atoms. The van der Waals surface area contributed by atoms with Crippen LogP contribution in [0.15, 0.2) is 32.3 Å². The minimum absolute atomic E-state index is 0.0393. The van der Waals surface area contributed by atoms with E-state index >= 15 is 0 Å². The minimum Gasteiger partial charge on any atom is -0.287 e. The Morgan fingerprint density at radius 1 is 1.19 bits per heavy atom. The van der Waals surface area contributed by atoms with Crippen LogP contribution in [-0.2, 0) is 9.59 Å². The summed E-state index contributed by atoms with van der Waals surface area (Å²) in [6.07, 6.45) is 10.6. The van der Waals surface area contributed by atoms with Gasteiger partial charge < -0.3 is 0 Å². The lowest BCUT2D eigenvalue weighted by atomic mass is 9.75. The number of ketones is 2. The van der Waals surface area contributed by atoms with Gasteiger partial charge in [0.15, 0.2) is 0 Å². The van der Waals surface area contributed by atoms with E-state index in [1.54, 1.807) is 0 Å². The Kier molecular flexibility index (Phi) is 7.67. The van der Waals surface area contributed by atoms with Gasteiger partial charge in [0.1, 0.15) is 0 Å². The largest absolute Gasteiger partial charge is 0.287 e. The lowest BCUT2D eigenvalue weighted by Crippen LogP contribution is -2.22. The van der Waals surface area contributed by atoms with E-state index in [9.17, 15) is 9.59 Å². The SMILES string of the molecule is CCCCC#CC(=O)C1=C(CCCC)C2(C=C(Br)C(=O)C(Br)=C2)CC1C. The van der Waals surface area contributed by atoms with Crippen molar-refractivity contribution < 1.29 is 9.59 Å². The second kappa shape index (κ2) is 9.33. The summed E-state index contributed by atoms with van der Waals surface area (Å²) in [7, 11) is 0. The van der Waals surface area contributed by atoms with Crippen molar-refractivity contribution in [2.24, 2.45) is 11.3 Å². The van der Waals surface area contributed by atoms with Crippen LogP contribution in [0.3, 0.4) is 0 Å². The summed E-state index contributed by atoms with van der Waals surface area (Å²) >= 11 is 6.83. The van der Waals surface area contributed by atoms with E-state index in [0.29, 0.717) is 8.96 Å². The van der Waals surface area contributed by atoms with Gasteiger partial charge in [-0.05, 0) is 75.0 Å². The number of unbranched alkanes of at least 4 members (excludes halogenated alkanes) is 3. The number of rotatable bonds is 6. The molecule has 0 aromatic heterocycles. The first-order chi connectivity index (χ1) is 12.4. The molecule has 1 unspecified atom stereocenters. The zero-order valence-corrected chi connectivity index (χ0v) is 18.9. The van der Waals surface area contributed by atoms with Gasteiger partial charge in [0.25, 0.3) is 0 Å². The Morgan fingerprint density at radius 3 is 2.38 bits per heavy atom. The van der Waals surface area contributed by atoms with E-state index in [1.807, 2.05) is 12.2 Å². The maximum absolute atomic E-state index is 12.9. The molecule has 0 fully saturated rings. The summed E-state index contributed by atoms with van der Waals surface area (Å²) in [4.78, 5) is 25.0. The fourth-order valence-corrected chi connectivity index (χ4v) is 5.38. The lowest BCUT2D eigenvalue weighted by Gasteiger charge is -2.30. The molecular formula is C22H26Br2O2. The molecule has 4 heteroatoms. The van der Waals surface area contributed by atoms with Gasteiger partial charge in [-0.15, -0.1) is 0 Å². The molecule has 0 aromatic rings. The molecule has 0 radical (unpaired) electrons. The Morgan fingerprint density at radius 2 is 1.81 bits per heavy atom. The van der Waals surface area contributed by atoms with Gasteiger partial charge in [0.2, 0.25) is 11.6 Å². The number of allylic oxidation sites excluding steroid dienone is 6. The van der Waals surface area contributed by atoms with Crippen LogP contribution in [0.2, 0.25) is 0 Å². The standard InChI is InChI=1S/C22H26Br2O2/c1-4-6-8-9-11-19(25)20-15(3)12-22(16(20)10-7-5-2)13-17(23)21(26)18(24)14-22/h13-15H,4-8,10,12H2,1-3H3. The summed E-state index contributed by atoms with van der Waals surface area (Å²) in [5.41, 5.74) is 1.64. The average Bonchev–Trinajstić information content (AvgIpc) is 2.85. The van der Waals surface area contributed by atoms with Crippen molar-refractivity contribution in [3.63, 3.8) is 0 Å². The van der Waals surface area contributed by atoms with Crippen LogP contribution < -0.4 is 0 Å². The van der Waals surface area contributed by atoms with E-state index < -0.39 is 0 Å². The normalized spacial score (nSPS) is 21.4.